The van der Waals surface area contributed by atoms with E-state index in [4.69, 9.17) is 17.2 Å². The van der Waals surface area contributed by atoms with Gasteiger partial charge in [-0.25, -0.2) is 0 Å². The summed E-state index contributed by atoms with van der Waals surface area (Å²) >= 11 is 6.47. The van der Waals surface area contributed by atoms with E-state index in [1.54, 1.807) is 0 Å². The summed E-state index contributed by atoms with van der Waals surface area (Å²) in [5.41, 5.74) is 1.99. The Morgan fingerprint density at radius 3 is 2.03 bits per heavy atom. The number of amidine groups is 1. The van der Waals surface area contributed by atoms with Crippen LogP contribution in [-0.4, -0.2) is 40.4 Å². The van der Waals surface area contributed by atoms with E-state index >= 15 is 0 Å². The summed E-state index contributed by atoms with van der Waals surface area (Å²) < 4.78 is 0. The van der Waals surface area contributed by atoms with Crippen molar-refractivity contribution in [2.24, 2.45) is 28.2 Å². The third-order valence-electron chi connectivity index (χ3n) is 10.5. The Bertz CT molecular complexity index is 1040. The molecule has 1 atom stereocenters. The van der Waals surface area contributed by atoms with Gasteiger partial charge in [-0.2, -0.15) is 5.26 Å². The monoisotopic (exact) mass is 486 g/mol. The molecule has 0 amide bonds. The van der Waals surface area contributed by atoms with E-state index in [0.717, 1.165) is 28.4 Å². The summed E-state index contributed by atoms with van der Waals surface area (Å²) in [6, 6.07) is 10.8. The van der Waals surface area contributed by atoms with Crippen molar-refractivity contribution in [1.29, 1.82) is 5.26 Å². The van der Waals surface area contributed by atoms with Gasteiger partial charge < -0.3 is 0 Å². The fourth-order valence-electron chi connectivity index (χ4n) is 9.49. The van der Waals surface area contributed by atoms with E-state index in [0.29, 0.717) is 11.6 Å². The van der Waals surface area contributed by atoms with Crippen LogP contribution in [0.4, 0.5) is 5.69 Å². The zero-order valence-corrected chi connectivity index (χ0v) is 21.7. The predicted octanol–water partition coefficient (Wildman–Crippen LogP) is 6.49. The Morgan fingerprint density at radius 2 is 1.46 bits per heavy atom. The maximum atomic E-state index is 9.40. The number of aliphatic imine (C=N–C) groups is 1. The van der Waals surface area contributed by atoms with Crippen molar-refractivity contribution in [1.82, 2.24) is 4.90 Å². The minimum Gasteiger partial charge on any atom is -0.293 e. The third-order valence-corrected chi connectivity index (χ3v) is 11.1. The topological polar surface area (TPSA) is 42.6 Å². The average Bonchev–Trinajstić information content (AvgIpc) is 3.44. The van der Waals surface area contributed by atoms with Gasteiger partial charge in [0, 0.05) is 11.1 Å². The molecule has 0 N–H and O–H groups in total. The Balaban J connectivity index is 1.38. The Kier molecular flexibility index (Phi) is 5.37. The molecule has 5 saturated carbocycles. The predicted molar refractivity (Wildman–Crippen MR) is 145 cm³/mol. The van der Waals surface area contributed by atoms with Gasteiger partial charge in [-0.15, -0.1) is 0 Å². The Labute approximate surface area is 215 Å². The molecule has 0 radical (unpaired) electrons. The molecule has 2 heterocycles. The highest BCUT2D eigenvalue weighted by Crippen LogP contribution is 2.58. The van der Waals surface area contributed by atoms with E-state index in [1.165, 1.54) is 102 Å². The number of rotatable bonds is 3. The van der Waals surface area contributed by atoms with Crippen molar-refractivity contribution in [2.75, 3.05) is 18.0 Å². The number of anilines is 1. The van der Waals surface area contributed by atoms with Crippen LogP contribution in [-0.2, 0) is 0 Å². The molecule has 1 spiro atoms. The first-order valence-electron chi connectivity index (χ1n) is 14.3. The first kappa shape index (κ1) is 22.4. The lowest BCUT2D eigenvalue weighted by molar-refractivity contribution is 0.00113. The maximum Gasteiger partial charge on any atom is 0.127 e. The van der Waals surface area contributed by atoms with Crippen molar-refractivity contribution < 1.29 is 0 Å². The van der Waals surface area contributed by atoms with Crippen LogP contribution in [0.25, 0.3) is 0 Å². The highest BCUT2D eigenvalue weighted by Gasteiger charge is 2.59. The minimum absolute atomic E-state index is 0.0347. The molecule has 2 aliphatic heterocycles. The van der Waals surface area contributed by atoms with Gasteiger partial charge in [0.05, 0.1) is 28.2 Å². The van der Waals surface area contributed by atoms with Gasteiger partial charge in [0.2, 0.25) is 0 Å². The van der Waals surface area contributed by atoms with Gasteiger partial charge >= 0.3 is 0 Å². The quantitative estimate of drug-likeness (QED) is 0.458. The zero-order chi connectivity index (χ0) is 23.6. The third kappa shape index (κ3) is 3.54. The molecule has 0 aromatic heterocycles. The largest absolute Gasteiger partial charge is 0.293 e. The van der Waals surface area contributed by atoms with Crippen LogP contribution in [0.15, 0.2) is 29.3 Å². The second kappa shape index (κ2) is 8.38. The minimum atomic E-state index is 0.0347. The van der Waals surface area contributed by atoms with Crippen LogP contribution < -0.4 is 4.90 Å². The van der Waals surface area contributed by atoms with Gasteiger partial charge in [-0.1, -0.05) is 31.5 Å². The molecule has 184 valence electrons. The second-order valence-electron chi connectivity index (χ2n) is 12.8. The van der Waals surface area contributed by atoms with Crippen molar-refractivity contribution in [3.63, 3.8) is 0 Å². The summed E-state index contributed by atoms with van der Waals surface area (Å²) in [7, 11) is 0. The molecule has 35 heavy (non-hydrogen) atoms. The smallest absolute Gasteiger partial charge is 0.127 e. The second-order valence-corrected chi connectivity index (χ2v) is 13.2. The van der Waals surface area contributed by atoms with Crippen molar-refractivity contribution >= 4 is 28.7 Å². The van der Waals surface area contributed by atoms with Gasteiger partial charge in [0.1, 0.15) is 5.84 Å². The SMILES string of the molecule is N#Cc1ccc(N2C(=S)C3(CCCCC3)C(N3CCCC3)C2=NC23CC4CC(CC(C4)C2)C3)cc1. The van der Waals surface area contributed by atoms with Gasteiger partial charge in [0.15, 0.2) is 0 Å². The van der Waals surface area contributed by atoms with Crippen LogP contribution in [0, 0.1) is 34.5 Å². The number of hydrogen-bond donors (Lipinski definition) is 0. The molecule has 2 saturated heterocycles. The molecular formula is C30H38N4S. The lowest BCUT2D eigenvalue weighted by Gasteiger charge is -2.55. The van der Waals surface area contributed by atoms with Gasteiger partial charge in [-0.3, -0.25) is 14.8 Å². The molecule has 1 aromatic carbocycles. The molecule has 1 aromatic rings. The van der Waals surface area contributed by atoms with E-state index in [-0.39, 0.29) is 11.0 Å². The van der Waals surface area contributed by atoms with Crippen LogP contribution in [0.3, 0.4) is 0 Å². The zero-order valence-electron chi connectivity index (χ0n) is 20.9. The highest BCUT2D eigenvalue weighted by molar-refractivity contribution is 7.80. The van der Waals surface area contributed by atoms with Gasteiger partial charge in [-0.05, 0) is 119 Å². The number of benzene rings is 1. The maximum absolute atomic E-state index is 9.40. The molecule has 7 aliphatic rings. The molecule has 1 unspecified atom stereocenters. The lowest BCUT2D eigenvalue weighted by Crippen LogP contribution is -2.53. The van der Waals surface area contributed by atoms with Crippen molar-refractivity contribution in [2.45, 2.75) is 95.1 Å². The normalized spacial score (nSPS) is 39.1. The first-order valence-corrected chi connectivity index (χ1v) is 14.7. The van der Waals surface area contributed by atoms with Gasteiger partial charge in [0.25, 0.3) is 0 Å². The summed E-state index contributed by atoms with van der Waals surface area (Å²) in [6.07, 6.45) is 17.1. The summed E-state index contributed by atoms with van der Waals surface area (Å²) in [5.74, 6) is 3.93. The molecule has 5 aliphatic carbocycles. The number of nitrogens with zero attached hydrogens (tertiary/aromatic N) is 4. The molecular weight excluding hydrogens is 448 g/mol. The number of likely N-dealkylation sites (tertiary alicyclic amines) is 1. The molecule has 7 fully saturated rings. The fourth-order valence-corrected chi connectivity index (χ4v) is 10.0. The summed E-state index contributed by atoms with van der Waals surface area (Å²) in [6.45, 7) is 2.35. The fraction of sp³-hybridized carbons (Fsp3) is 0.700. The Morgan fingerprint density at radius 1 is 0.857 bits per heavy atom. The van der Waals surface area contributed by atoms with E-state index in [1.807, 2.05) is 12.1 Å². The van der Waals surface area contributed by atoms with Crippen LogP contribution >= 0.6 is 12.2 Å². The van der Waals surface area contributed by atoms with E-state index in [9.17, 15) is 5.26 Å². The summed E-state index contributed by atoms with van der Waals surface area (Å²) in [4.78, 5) is 12.2. The molecule has 8 rings (SSSR count). The highest BCUT2D eigenvalue weighted by atomic mass is 32.1. The summed E-state index contributed by atoms with van der Waals surface area (Å²) in [5, 5.41) is 9.40. The van der Waals surface area contributed by atoms with Crippen LogP contribution in [0.5, 0.6) is 0 Å². The van der Waals surface area contributed by atoms with E-state index < -0.39 is 0 Å². The molecule has 4 bridgehead atoms. The van der Waals surface area contributed by atoms with Crippen LogP contribution in [0.1, 0.15) is 89.0 Å². The van der Waals surface area contributed by atoms with Crippen LogP contribution in [0.2, 0.25) is 0 Å². The van der Waals surface area contributed by atoms with Crippen molar-refractivity contribution in [3.8, 4) is 6.07 Å². The number of nitriles is 1. The number of hydrogen-bond acceptors (Lipinski definition) is 4. The lowest BCUT2D eigenvalue weighted by atomic mass is 9.53. The average molecular weight is 487 g/mol. The van der Waals surface area contributed by atoms with E-state index in [2.05, 4.69) is 28.0 Å². The molecule has 4 nitrogen and oxygen atoms in total. The molecule has 5 heteroatoms. The standard InChI is InChI=1S/C30H38N4S/c31-20-21-6-8-25(9-7-21)34-27(32-29-17-22-14-23(18-29)16-24(15-22)19-29)26(33-12-4-5-13-33)30(28(34)35)10-2-1-3-11-30/h6-9,22-24,26H,1-5,10-19H2. The number of thiocarbonyl (C=S) groups is 1. The first-order chi connectivity index (χ1) is 17.1. The van der Waals surface area contributed by atoms with Crippen molar-refractivity contribution in [3.05, 3.63) is 29.8 Å². The Hall–Kier alpha value is -1.77.